The number of likely N-dealkylation sites (tertiary alicyclic amines) is 1. The average molecular weight is 1270 g/mol. The molecule has 1 unspecified atom stereocenters. The predicted octanol–water partition coefficient (Wildman–Crippen LogP) is 12.4. The maximum absolute atomic E-state index is 15.2. The summed E-state index contributed by atoms with van der Waals surface area (Å²) in [5.74, 6) is 5.38. The summed E-state index contributed by atoms with van der Waals surface area (Å²) in [4.78, 5) is 43.6. The number of ether oxygens (including phenoxy) is 3. The number of aromatic carboxylic acids is 1. The Labute approximate surface area is 529 Å². The summed E-state index contributed by atoms with van der Waals surface area (Å²) in [7, 11) is -0.554. The van der Waals surface area contributed by atoms with Gasteiger partial charge in [0.15, 0.2) is 38.8 Å². The quantitative estimate of drug-likeness (QED) is 0.0299. The number of halogens is 1. The van der Waals surface area contributed by atoms with Crippen LogP contribution >= 0.6 is 22.7 Å². The first-order valence-corrected chi connectivity index (χ1v) is 37.7. The van der Waals surface area contributed by atoms with Crippen LogP contribution in [0.1, 0.15) is 100 Å². The fraction of sp³-hybridized carbons (Fsp3) is 0.463. The number of alkyl carbamates (subject to hydrolysis) is 1. The SMILES string of the molecule is Cc1cc(N(CCCC(CN2CCC(NC(=O)OC(C)(C)C)CC2)O[Si](c2ccccc2)(c2ccccc2)C(C)(C)C)c2nc(C(=O)O)c(CCCOc3ccc(C#CCN(C)C)cc3F)s2)nnc1N=c1sc2ccccc2n1COCC[Si](C)(C)C. The average Bonchev–Trinajstić information content (AvgIpc) is 2.16. The first-order valence-electron chi connectivity index (χ1n) is 30.5. The summed E-state index contributed by atoms with van der Waals surface area (Å²) < 4.78 is 44.2. The van der Waals surface area contributed by atoms with Gasteiger partial charge in [-0.15, -0.1) is 21.5 Å². The number of aromatic nitrogens is 4. The van der Waals surface area contributed by atoms with Gasteiger partial charge in [0.2, 0.25) is 0 Å². The van der Waals surface area contributed by atoms with Crippen LogP contribution in [-0.4, -0.2) is 141 Å². The molecule has 4 aromatic carbocycles. The van der Waals surface area contributed by atoms with Gasteiger partial charge >= 0.3 is 12.1 Å². The highest BCUT2D eigenvalue weighted by molar-refractivity contribution is 7.16. The number of anilines is 2. The van der Waals surface area contributed by atoms with Gasteiger partial charge in [-0.25, -0.2) is 19.0 Å². The fourth-order valence-corrected chi connectivity index (χ4v) is 18.3. The third kappa shape index (κ3) is 18.5. The van der Waals surface area contributed by atoms with E-state index in [2.05, 4.69) is 140 Å². The number of hydrogen-bond donors (Lipinski definition) is 2. The number of thiazole rings is 2. The number of fused-ring (bicyclic) bond motifs is 1. The highest BCUT2D eigenvalue weighted by atomic mass is 32.1. The van der Waals surface area contributed by atoms with Gasteiger partial charge in [-0.2, -0.15) is 4.99 Å². The van der Waals surface area contributed by atoms with Gasteiger partial charge in [-0.1, -0.05) is 136 Å². The molecular weight excluding hydrogens is 1180 g/mol. The van der Waals surface area contributed by atoms with Crippen molar-refractivity contribution in [2.24, 2.45) is 4.99 Å². The molecule has 1 saturated heterocycles. The second-order valence-electron chi connectivity index (χ2n) is 26.1. The van der Waals surface area contributed by atoms with Gasteiger partial charge in [-0.05, 0) is 144 Å². The minimum atomic E-state index is -3.08. The highest BCUT2D eigenvalue weighted by Crippen LogP contribution is 2.39. The van der Waals surface area contributed by atoms with Crippen molar-refractivity contribution >= 4 is 88.5 Å². The fourth-order valence-electron chi connectivity index (χ4n) is 10.7. The van der Waals surface area contributed by atoms with Gasteiger partial charge in [0, 0.05) is 57.3 Å². The van der Waals surface area contributed by atoms with E-state index in [1.165, 1.54) is 27.8 Å². The summed E-state index contributed by atoms with van der Waals surface area (Å²) >= 11 is 2.86. The number of carboxylic acid groups (broad SMARTS) is 1. The van der Waals surface area contributed by atoms with E-state index in [1.54, 1.807) is 23.5 Å². The lowest BCUT2D eigenvalue weighted by atomic mass is 10.0. The topological polar surface area (TPSA) is 169 Å². The Morgan fingerprint density at radius 3 is 2.19 bits per heavy atom. The number of para-hydroxylation sites is 1. The van der Waals surface area contributed by atoms with Crippen molar-refractivity contribution in [1.82, 2.24) is 34.9 Å². The molecule has 0 aliphatic carbocycles. The largest absolute Gasteiger partial charge is 0.491 e. The number of rotatable bonds is 26. The number of benzene rings is 4. The van der Waals surface area contributed by atoms with E-state index < -0.39 is 39.9 Å². The summed E-state index contributed by atoms with van der Waals surface area (Å²) in [5.41, 5.74) is 1.68. The van der Waals surface area contributed by atoms with Gasteiger partial charge in [-0.3, -0.25) is 9.47 Å². The maximum atomic E-state index is 15.2. The standard InChI is InChI=1S/C67H88FN9O7S2Si2/c1-48-44-59(72-73-61(48)71-64-77(47-81-42-43-87(10,11)12)55-30-19-20-31-57(55)85-64)76(63-70-60(62(78)79)58(86-63)32-23-41-82-56-34-33-49(45-54(56)68)24-21-37-74(8)9)38-22-25-51(46-75-39-35-50(36-40-75)69-65(80)83-66(2,3)4)84-88(67(5,6)7,52-26-15-13-16-27-52)53-28-17-14-18-29-53/h13-20,26-31,33-34,44-45,50-51H,22-23,25,32,35-43,46-47H2,1-12H3,(H,69,80)(H,78,79). The van der Waals surface area contributed by atoms with Crippen molar-refractivity contribution in [3.05, 3.63) is 142 Å². The molecule has 1 aliphatic rings. The van der Waals surface area contributed by atoms with E-state index in [0.29, 0.717) is 85.9 Å². The van der Waals surface area contributed by atoms with Crippen LogP contribution < -0.4 is 30.1 Å². The summed E-state index contributed by atoms with van der Waals surface area (Å²) in [6.07, 6.45) is 2.81. The zero-order chi connectivity index (χ0) is 63.2. The Morgan fingerprint density at radius 2 is 1.57 bits per heavy atom. The van der Waals surface area contributed by atoms with Crippen molar-refractivity contribution in [2.45, 2.75) is 142 Å². The molecular formula is C67H88FN9O7S2Si2. The lowest BCUT2D eigenvalue weighted by Crippen LogP contribution is -2.68. The molecule has 16 nitrogen and oxygen atoms in total. The zero-order valence-corrected chi connectivity index (χ0v) is 57.0. The Morgan fingerprint density at radius 1 is 0.886 bits per heavy atom. The van der Waals surface area contributed by atoms with Crippen molar-refractivity contribution in [2.75, 3.05) is 64.9 Å². The number of piperidine rings is 1. The molecule has 1 amide bonds. The Bertz CT molecular complexity index is 3540. The number of aryl methyl sites for hydroxylation is 2. The van der Waals surface area contributed by atoms with Crippen LogP contribution in [0.15, 0.2) is 114 Å². The first-order chi connectivity index (χ1) is 41.9. The number of nitrogens with zero attached hydrogens (tertiary/aromatic N) is 8. The number of nitrogens with one attached hydrogen (secondary N) is 1. The molecule has 3 aromatic heterocycles. The normalized spacial score (nSPS) is 14.2. The van der Waals surface area contributed by atoms with Crippen LogP contribution in [0.4, 0.5) is 26.0 Å². The van der Waals surface area contributed by atoms with E-state index >= 15 is 4.39 Å². The lowest BCUT2D eigenvalue weighted by molar-refractivity contribution is 0.0461. The minimum Gasteiger partial charge on any atom is -0.491 e. The molecule has 1 aliphatic heterocycles. The van der Waals surface area contributed by atoms with E-state index in [1.807, 2.05) is 69.8 Å². The Kier molecular flexibility index (Phi) is 23.1. The smallest absolute Gasteiger partial charge is 0.407 e. The third-order valence-electron chi connectivity index (χ3n) is 15.2. The molecule has 4 heterocycles. The number of carbonyl (C=O) groups is 2. The molecule has 1 fully saturated rings. The molecule has 8 rings (SSSR count). The third-order valence-corrected chi connectivity index (χ3v) is 24.1. The van der Waals surface area contributed by atoms with Crippen LogP contribution in [0, 0.1) is 24.6 Å². The molecule has 0 bridgehead atoms. The molecule has 470 valence electrons. The van der Waals surface area contributed by atoms with Crippen molar-refractivity contribution in [3.63, 3.8) is 0 Å². The Hall–Kier alpha value is -6.62. The first kappa shape index (κ1) is 67.3. The molecule has 0 spiro atoms. The Balaban J connectivity index is 1.12. The van der Waals surface area contributed by atoms with E-state index in [4.69, 9.17) is 38.8 Å². The molecule has 0 saturated carbocycles. The predicted molar refractivity (Wildman–Crippen MR) is 358 cm³/mol. The van der Waals surface area contributed by atoms with Crippen LogP contribution in [0.5, 0.6) is 5.75 Å². The lowest BCUT2D eigenvalue weighted by Gasteiger charge is -2.46. The number of hydrogen-bond acceptors (Lipinski definition) is 15. The molecule has 88 heavy (non-hydrogen) atoms. The zero-order valence-electron chi connectivity index (χ0n) is 53.3. The summed E-state index contributed by atoms with van der Waals surface area (Å²) in [5, 5.41) is 26.0. The van der Waals surface area contributed by atoms with Crippen LogP contribution in [0.3, 0.4) is 0 Å². The van der Waals surface area contributed by atoms with Crippen molar-refractivity contribution in [3.8, 4) is 17.6 Å². The van der Waals surface area contributed by atoms with Crippen molar-refractivity contribution < 1.29 is 37.7 Å². The number of carboxylic acids is 1. The maximum Gasteiger partial charge on any atom is 0.407 e. The van der Waals surface area contributed by atoms with Crippen LogP contribution in [-0.2, 0) is 27.1 Å². The molecule has 0 radical (unpaired) electrons. The molecule has 2 N–H and O–H groups in total. The van der Waals surface area contributed by atoms with E-state index in [9.17, 15) is 14.7 Å². The van der Waals surface area contributed by atoms with Gasteiger partial charge in [0.1, 0.15) is 12.3 Å². The number of amides is 1. The van der Waals surface area contributed by atoms with Gasteiger partial charge in [0.05, 0.1) is 29.5 Å². The van der Waals surface area contributed by atoms with Crippen molar-refractivity contribution in [1.29, 1.82) is 0 Å². The van der Waals surface area contributed by atoms with Gasteiger partial charge in [0.25, 0.3) is 8.32 Å². The molecule has 21 heteroatoms. The molecule has 1 atom stereocenters. The molecule has 7 aromatic rings. The van der Waals surface area contributed by atoms with E-state index in [-0.39, 0.29) is 35.2 Å². The number of carbonyl (C=O) groups excluding carboxylic acids is 1. The second-order valence-corrected chi connectivity index (χ2v) is 38.0. The van der Waals surface area contributed by atoms with Crippen LogP contribution in [0.25, 0.3) is 10.2 Å². The monoisotopic (exact) mass is 1270 g/mol. The highest BCUT2D eigenvalue weighted by Gasteiger charge is 2.51. The van der Waals surface area contributed by atoms with E-state index in [0.717, 1.165) is 52.6 Å². The van der Waals surface area contributed by atoms with Crippen LogP contribution in [0.2, 0.25) is 30.7 Å². The van der Waals surface area contributed by atoms with Gasteiger partial charge < -0.3 is 38.9 Å². The summed E-state index contributed by atoms with van der Waals surface area (Å²) in [6.45, 7) is 25.7. The second kappa shape index (κ2) is 30.3. The minimum absolute atomic E-state index is 0.0191. The summed E-state index contributed by atoms with van der Waals surface area (Å²) in [6, 6.07) is 37.2.